The maximum atomic E-state index is 6.27. The molecule has 1 heterocycles. The highest BCUT2D eigenvalue weighted by Gasteiger charge is 2.13. The molecule has 0 fully saturated rings. The van der Waals surface area contributed by atoms with Gasteiger partial charge in [0.2, 0.25) is 0 Å². The molecule has 0 aliphatic rings. The fourth-order valence-electron chi connectivity index (χ4n) is 2.00. The molecule has 110 valence electrons. The van der Waals surface area contributed by atoms with Crippen molar-refractivity contribution >= 4 is 28.8 Å². The van der Waals surface area contributed by atoms with Gasteiger partial charge in [-0.25, -0.2) is 4.98 Å². The Labute approximate surface area is 135 Å². The topological polar surface area (TPSA) is 48.1 Å². The maximum Gasteiger partial charge on any atom is 0.156 e. The van der Waals surface area contributed by atoms with Crippen molar-refractivity contribution in [3.05, 3.63) is 52.3 Å². The molecule has 5 heteroatoms. The van der Waals surface area contributed by atoms with Crippen molar-refractivity contribution in [1.29, 1.82) is 0 Å². The Kier molecular flexibility index (Phi) is 4.80. The van der Waals surface area contributed by atoms with Gasteiger partial charge in [0.1, 0.15) is 16.4 Å². The Morgan fingerprint density at radius 3 is 2.67 bits per heavy atom. The average Bonchev–Trinajstić information content (AvgIpc) is 2.41. The van der Waals surface area contributed by atoms with Gasteiger partial charge in [-0.3, -0.25) is 0 Å². The van der Waals surface area contributed by atoms with Crippen LogP contribution in [0.3, 0.4) is 0 Å². The lowest BCUT2D eigenvalue weighted by Gasteiger charge is -2.15. The molecular weight excluding hydrogens is 304 g/mol. The summed E-state index contributed by atoms with van der Waals surface area (Å²) in [6.45, 7) is 6.12. The molecule has 2 N–H and O–H groups in total. The first-order valence-corrected chi connectivity index (χ1v) is 7.41. The Hall–Kier alpha value is -1.65. The summed E-state index contributed by atoms with van der Waals surface area (Å²) < 4.78 is 5.96. The second-order valence-corrected chi connectivity index (χ2v) is 5.96. The van der Waals surface area contributed by atoms with Gasteiger partial charge in [0, 0.05) is 11.2 Å². The number of benzene rings is 1. The third-order valence-corrected chi connectivity index (χ3v) is 3.66. The second-order valence-electron chi connectivity index (χ2n) is 5.11. The summed E-state index contributed by atoms with van der Waals surface area (Å²) in [5, 5.41) is 0.746. The number of aryl methyl sites for hydroxylation is 1. The molecule has 1 aromatic heterocycles. The number of nitrogens with zero attached hydrogens (tertiary/aromatic N) is 1. The molecular formula is C16H17ClN2OS. The van der Waals surface area contributed by atoms with Gasteiger partial charge in [-0.2, -0.15) is 0 Å². The van der Waals surface area contributed by atoms with Crippen LogP contribution in [0.5, 0.6) is 11.5 Å². The molecule has 0 saturated heterocycles. The lowest BCUT2D eigenvalue weighted by atomic mass is 10.0. The summed E-state index contributed by atoms with van der Waals surface area (Å²) in [4.78, 5) is 4.37. The van der Waals surface area contributed by atoms with E-state index in [2.05, 4.69) is 18.8 Å². The molecule has 0 amide bonds. The van der Waals surface area contributed by atoms with Crippen LogP contribution in [0, 0.1) is 6.92 Å². The number of nitrogens with two attached hydrogens (primary N) is 1. The van der Waals surface area contributed by atoms with Crippen LogP contribution >= 0.6 is 23.8 Å². The number of halogens is 1. The highest BCUT2D eigenvalue weighted by molar-refractivity contribution is 7.80. The summed E-state index contributed by atoms with van der Waals surface area (Å²) in [7, 11) is 0. The molecule has 2 rings (SSSR count). The standard InChI is InChI=1S/C16H17ClN2OS/c1-9(2)11-8-14(10(3)7-12(11)17)20-13-5-4-6-19-15(13)16(18)21/h4-9H,1-3H3,(H2,18,21). The number of thiocarbonyl (C=S) groups is 1. The summed E-state index contributed by atoms with van der Waals surface area (Å²) >= 11 is 11.3. The summed E-state index contributed by atoms with van der Waals surface area (Å²) in [5.74, 6) is 1.59. The highest BCUT2D eigenvalue weighted by Crippen LogP contribution is 2.34. The van der Waals surface area contributed by atoms with Crippen LogP contribution in [-0.2, 0) is 0 Å². The van der Waals surface area contributed by atoms with Crippen LogP contribution in [-0.4, -0.2) is 9.97 Å². The molecule has 0 aliphatic carbocycles. The van der Waals surface area contributed by atoms with Crippen LogP contribution in [0.2, 0.25) is 5.02 Å². The van der Waals surface area contributed by atoms with Crippen LogP contribution in [0.4, 0.5) is 0 Å². The smallest absolute Gasteiger partial charge is 0.156 e. The molecule has 1 aromatic carbocycles. The van der Waals surface area contributed by atoms with Gasteiger partial charge in [0.15, 0.2) is 5.75 Å². The van der Waals surface area contributed by atoms with Crippen molar-refractivity contribution in [1.82, 2.24) is 4.98 Å². The normalized spacial score (nSPS) is 10.7. The molecule has 21 heavy (non-hydrogen) atoms. The SMILES string of the molecule is Cc1cc(Cl)c(C(C)C)cc1Oc1cccnc1C(N)=S. The number of hydrogen-bond donors (Lipinski definition) is 1. The minimum absolute atomic E-state index is 0.210. The Morgan fingerprint density at radius 1 is 1.33 bits per heavy atom. The summed E-state index contributed by atoms with van der Waals surface area (Å²) in [6, 6.07) is 7.44. The Balaban J connectivity index is 2.45. The molecule has 3 nitrogen and oxygen atoms in total. The minimum Gasteiger partial charge on any atom is -0.455 e. The number of rotatable bonds is 4. The van der Waals surface area contributed by atoms with E-state index in [0.29, 0.717) is 17.4 Å². The fraction of sp³-hybridized carbons (Fsp3) is 0.250. The predicted molar refractivity (Wildman–Crippen MR) is 90.5 cm³/mol. The minimum atomic E-state index is 0.210. The first kappa shape index (κ1) is 15.7. The maximum absolute atomic E-state index is 6.27. The van der Waals surface area contributed by atoms with Gasteiger partial charge < -0.3 is 10.5 Å². The quantitative estimate of drug-likeness (QED) is 0.837. The molecule has 0 saturated carbocycles. The monoisotopic (exact) mass is 320 g/mol. The number of pyridine rings is 1. The van der Waals surface area contributed by atoms with Crippen LogP contribution in [0.1, 0.15) is 36.6 Å². The molecule has 0 radical (unpaired) electrons. The summed E-state index contributed by atoms with van der Waals surface area (Å²) in [6.07, 6.45) is 1.63. The van der Waals surface area contributed by atoms with Crippen LogP contribution in [0.25, 0.3) is 0 Å². The van der Waals surface area contributed by atoms with Gasteiger partial charge in [-0.05, 0) is 48.2 Å². The van der Waals surface area contributed by atoms with Crippen molar-refractivity contribution in [2.24, 2.45) is 5.73 Å². The number of hydrogen-bond acceptors (Lipinski definition) is 3. The third-order valence-electron chi connectivity index (χ3n) is 3.14. The average molecular weight is 321 g/mol. The van der Waals surface area contributed by atoms with Gasteiger partial charge in [0.05, 0.1) is 0 Å². The van der Waals surface area contributed by atoms with Crippen molar-refractivity contribution in [2.75, 3.05) is 0 Å². The lowest BCUT2D eigenvalue weighted by Crippen LogP contribution is -2.12. The predicted octanol–water partition coefficient (Wildman–Crippen LogP) is 4.59. The van der Waals surface area contributed by atoms with E-state index in [4.69, 9.17) is 34.3 Å². The zero-order valence-corrected chi connectivity index (χ0v) is 13.8. The molecule has 0 spiro atoms. The van der Waals surface area contributed by atoms with Gasteiger partial charge in [-0.1, -0.05) is 37.7 Å². The van der Waals surface area contributed by atoms with Gasteiger partial charge in [0.25, 0.3) is 0 Å². The Morgan fingerprint density at radius 2 is 2.05 bits per heavy atom. The van der Waals surface area contributed by atoms with E-state index in [9.17, 15) is 0 Å². The van der Waals surface area contributed by atoms with E-state index >= 15 is 0 Å². The van der Waals surface area contributed by atoms with Crippen LogP contribution in [0.15, 0.2) is 30.5 Å². The zero-order valence-electron chi connectivity index (χ0n) is 12.2. The molecule has 0 atom stereocenters. The van der Waals surface area contributed by atoms with Crippen molar-refractivity contribution in [2.45, 2.75) is 26.7 Å². The van der Waals surface area contributed by atoms with E-state index in [-0.39, 0.29) is 4.99 Å². The first-order valence-electron chi connectivity index (χ1n) is 6.63. The van der Waals surface area contributed by atoms with E-state index in [1.807, 2.05) is 19.1 Å². The third kappa shape index (κ3) is 3.52. The van der Waals surface area contributed by atoms with E-state index in [1.54, 1.807) is 18.3 Å². The van der Waals surface area contributed by atoms with Crippen molar-refractivity contribution < 1.29 is 4.74 Å². The fourth-order valence-corrected chi connectivity index (χ4v) is 2.59. The zero-order chi connectivity index (χ0) is 15.6. The summed E-state index contributed by atoms with van der Waals surface area (Å²) in [5.41, 5.74) is 8.14. The number of aromatic nitrogens is 1. The molecule has 2 aromatic rings. The van der Waals surface area contributed by atoms with Crippen LogP contribution < -0.4 is 10.5 Å². The first-order chi connectivity index (χ1) is 9.90. The molecule has 0 bridgehead atoms. The largest absolute Gasteiger partial charge is 0.455 e. The second kappa shape index (κ2) is 6.41. The number of ether oxygens (including phenoxy) is 1. The Bertz CT molecular complexity index is 686. The van der Waals surface area contributed by atoms with Gasteiger partial charge >= 0.3 is 0 Å². The molecule has 0 aliphatic heterocycles. The van der Waals surface area contributed by atoms with Crippen molar-refractivity contribution in [3.8, 4) is 11.5 Å². The highest BCUT2D eigenvalue weighted by atomic mass is 35.5. The van der Waals surface area contributed by atoms with E-state index in [0.717, 1.165) is 21.9 Å². The van der Waals surface area contributed by atoms with Crippen molar-refractivity contribution in [3.63, 3.8) is 0 Å². The van der Waals surface area contributed by atoms with Gasteiger partial charge in [-0.15, -0.1) is 0 Å². The van der Waals surface area contributed by atoms with E-state index in [1.165, 1.54) is 0 Å². The molecule has 0 unspecified atom stereocenters. The van der Waals surface area contributed by atoms with E-state index < -0.39 is 0 Å². The lowest BCUT2D eigenvalue weighted by molar-refractivity contribution is 0.474.